The van der Waals surface area contributed by atoms with Crippen LogP contribution in [0.3, 0.4) is 0 Å². The smallest absolute Gasteiger partial charge is 0.271 e. The number of hydrogen-bond acceptors (Lipinski definition) is 2. The van der Waals surface area contributed by atoms with Gasteiger partial charge in [-0.15, -0.1) is 0 Å². The number of nitrogens with one attached hydrogen (secondary N) is 1. The van der Waals surface area contributed by atoms with Crippen LogP contribution < -0.4 is 11.3 Å². The first-order valence-electron chi connectivity index (χ1n) is 4.87. The molecular weight excluding hydrogens is 190 g/mol. The standard InChI is InChI=1S/C11H13N3O/c1-2-9-7-11(15)14(13-9)10-5-3-4-8(12)6-10/h3-7,13H,2,12H2,1H3. The second kappa shape index (κ2) is 3.65. The van der Waals surface area contributed by atoms with E-state index in [-0.39, 0.29) is 5.56 Å². The van der Waals surface area contributed by atoms with E-state index in [0.29, 0.717) is 5.69 Å². The lowest BCUT2D eigenvalue weighted by Gasteiger charge is -2.02. The molecule has 2 aromatic rings. The van der Waals surface area contributed by atoms with E-state index in [1.165, 1.54) is 4.68 Å². The summed E-state index contributed by atoms with van der Waals surface area (Å²) in [6.07, 6.45) is 0.810. The van der Waals surface area contributed by atoms with E-state index < -0.39 is 0 Å². The summed E-state index contributed by atoms with van der Waals surface area (Å²) in [5.41, 5.74) is 7.93. The molecule has 0 aliphatic rings. The lowest BCUT2D eigenvalue weighted by atomic mass is 10.3. The molecule has 2 rings (SSSR count). The number of rotatable bonds is 2. The van der Waals surface area contributed by atoms with Crippen LogP contribution in [0.5, 0.6) is 0 Å². The summed E-state index contributed by atoms with van der Waals surface area (Å²) in [6.45, 7) is 2.00. The van der Waals surface area contributed by atoms with Crippen LogP contribution in [0, 0.1) is 0 Å². The number of anilines is 1. The zero-order valence-corrected chi connectivity index (χ0v) is 8.53. The van der Waals surface area contributed by atoms with E-state index >= 15 is 0 Å². The van der Waals surface area contributed by atoms with Crippen LogP contribution in [0.15, 0.2) is 35.1 Å². The van der Waals surface area contributed by atoms with Gasteiger partial charge in [0.15, 0.2) is 0 Å². The van der Waals surface area contributed by atoms with Crippen LogP contribution in [-0.2, 0) is 6.42 Å². The highest BCUT2D eigenvalue weighted by Crippen LogP contribution is 2.09. The van der Waals surface area contributed by atoms with Crippen molar-refractivity contribution < 1.29 is 0 Å². The Balaban J connectivity index is 2.54. The van der Waals surface area contributed by atoms with Crippen LogP contribution in [0.2, 0.25) is 0 Å². The number of hydrogen-bond donors (Lipinski definition) is 2. The molecule has 4 nitrogen and oxygen atoms in total. The molecule has 0 unspecified atom stereocenters. The lowest BCUT2D eigenvalue weighted by molar-refractivity contribution is 0.819. The third kappa shape index (κ3) is 1.79. The van der Waals surface area contributed by atoms with Crippen molar-refractivity contribution in [3.05, 3.63) is 46.4 Å². The molecule has 1 aromatic carbocycles. The Bertz CT molecular complexity index is 525. The molecular formula is C11H13N3O. The molecule has 0 radical (unpaired) electrons. The van der Waals surface area contributed by atoms with Crippen molar-refractivity contribution in [2.45, 2.75) is 13.3 Å². The zero-order valence-electron chi connectivity index (χ0n) is 8.53. The molecule has 78 valence electrons. The van der Waals surface area contributed by atoms with Gasteiger partial charge in [0.2, 0.25) is 0 Å². The highest BCUT2D eigenvalue weighted by Gasteiger charge is 2.03. The lowest BCUT2D eigenvalue weighted by Crippen LogP contribution is -2.13. The van der Waals surface area contributed by atoms with Gasteiger partial charge in [-0.05, 0) is 24.6 Å². The van der Waals surface area contributed by atoms with Crippen LogP contribution in [-0.4, -0.2) is 9.78 Å². The van der Waals surface area contributed by atoms with Crippen LogP contribution >= 0.6 is 0 Å². The fourth-order valence-corrected chi connectivity index (χ4v) is 1.48. The Morgan fingerprint density at radius 1 is 1.40 bits per heavy atom. The number of H-pyrrole nitrogens is 1. The Kier molecular flexibility index (Phi) is 2.33. The maximum absolute atomic E-state index is 11.6. The largest absolute Gasteiger partial charge is 0.399 e. The van der Waals surface area contributed by atoms with Gasteiger partial charge in [0.25, 0.3) is 5.56 Å². The monoisotopic (exact) mass is 203 g/mol. The summed E-state index contributed by atoms with van der Waals surface area (Å²) in [6, 6.07) is 8.82. The first-order chi connectivity index (χ1) is 7.20. The number of nitrogens with two attached hydrogens (primary N) is 1. The van der Waals surface area contributed by atoms with Crippen LogP contribution in [0.1, 0.15) is 12.6 Å². The van der Waals surface area contributed by atoms with Crippen molar-refractivity contribution in [1.82, 2.24) is 9.78 Å². The van der Waals surface area contributed by atoms with Gasteiger partial charge in [-0.2, -0.15) is 0 Å². The van der Waals surface area contributed by atoms with Crippen molar-refractivity contribution in [3.8, 4) is 5.69 Å². The van der Waals surface area contributed by atoms with Gasteiger partial charge in [0.05, 0.1) is 5.69 Å². The molecule has 0 atom stereocenters. The second-order valence-electron chi connectivity index (χ2n) is 3.40. The average Bonchev–Trinajstić information content (AvgIpc) is 2.60. The third-order valence-corrected chi connectivity index (χ3v) is 2.28. The van der Waals surface area contributed by atoms with Gasteiger partial charge < -0.3 is 5.73 Å². The second-order valence-corrected chi connectivity index (χ2v) is 3.40. The predicted octanol–water partition coefficient (Wildman–Crippen LogP) is 1.31. The summed E-state index contributed by atoms with van der Waals surface area (Å²) >= 11 is 0. The molecule has 0 aliphatic heterocycles. The maximum Gasteiger partial charge on any atom is 0.271 e. The van der Waals surface area contributed by atoms with E-state index in [0.717, 1.165) is 17.8 Å². The van der Waals surface area contributed by atoms with Gasteiger partial charge in [-0.3, -0.25) is 9.89 Å². The molecule has 0 saturated heterocycles. The van der Waals surface area contributed by atoms with Gasteiger partial charge in [-0.1, -0.05) is 13.0 Å². The molecule has 0 aliphatic carbocycles. The van der Waals surface area contributed by atoms with E-state index in [1.54, 1.807) is 18.2 Å². The molecule has 4 heteroatoms. The minimum Gasteiger partial charge on any atom is -0.399 e. The number of aryl methyl sites for hydroxylation is 1. The van der Waals surface area contributed by atoms with Crippen molar-refractivity contribution in [3.63, 3.8) is 0 Å². The topological polar surface area (TPSA) is 63.8 Å². The molecule has 3 N–H and O–H groups in total. The van der Waals surface area contributed by atoms with Gasteiger partial charge in [0, 0.05) is 17.4 Å². The number of aromatic nitrogens is 2. The summed E-state index contributed by atoms with van der Waals surface area (Å²) in [5, 5.41) is 3.02. The molecule has 0 bridgehead atoms. The molecule has 1 aromatic heterocycles. The molecule has 0 amide bonds. The average molecular weight is 203 g/mol. The van der Waals surface area contributed by atoms with Gasteiger partial charge in [-0.25, -0.2) is 4.68 Å². The fourth-order valence-electron chi connectivity index (χ4n) is 1.48. The summed E-state index contributed by atoms with van der Waals surface area (Å²) in [7, 11) is 0. The Morgan fingerprint density at radius 3 is 2.80 bits per heavy atom. The van der Waals surface area contributed by atoms with E-state index in [4.69, 9.17) is 5.73 Å². The number of nitrogen functional groups attached to an aromatic ring is 1. The first kappa shape index (κ1) is 9.58. The molecule has 1 heterocycles. The Morgan fingerprint density at radius 2 is 2.20 bits per heavy atom. The van der Waals surface area contributed by atoms with Gasteiger partial charge >= 0.3 is 0 Å². The minimum absolute atomic E-state index is 0.0579. The molecule has 15 heavy (non-hydrogen) atoms. The first-order valence-corrected chi connectivity index (χ1v) is 4.87. The highest BCUT2D eigenvalue weighted by molar-refractivity contribution is 5.47. The maximum atomic E-state index is 11.6. The van der Waals surface area contributed by atoms with Gasteiger partial charge in [0.1, 0.15) is 0 Å². The van der Waals surface area contributed by atoms with Crippen molar-refractivity contribution in [2.24, 2.45) is 0 Å². The number of nitrogens with zero attached hydrogens (tertiary/aromatic N) is 1. The SMILES string of the molecule is CCc1cc(=O)n(-c2cccc(N)c2)[nH]1. The molecule has 0 spiro atoms. The zero-order chi connectivity index (χ0) is 10.8. The number of benzene rings is 1. The summed E-state index contributed by atoms with van der Waals surface area (Å²) < 4.78 is 1.50. The highest BCUT2D eigenvalue weighted by atomic mass is 16.1. The number of aromatic amines is 1. The van der Waals surface area contributed by atoms with Crippen molar-refractivity contribution in [1.29, 1.82) is 0 Å². The third-order valence-electron chi connectivity index (χ3n) is 2.28. The molecule has 0 saturated carbocycles. The normalized spacial score (nSPS) is 10.5. The summed E-state index contributed by atoms with van der Waals surface area (Å²) in [5.74, 6) is 0. The van der Waals surface area contributed by atoms with E-state index in [2.05, 4.69) is 5.10 Å². The van der Waals surface area contributed by atoms with E-state index in [1.807, 2.05) is 19.1 Å². The molecule has 0 fully saturated rings. The van der Waals surface area contributed by atoms with E-state index in [9.17, 15) is 4.79 Å². The Hall–Kier alpha value is -1.97. The van der Waals surface area contributed by atoms with Crippen LogP contribution in [0.4, 0.5) is 5.69 Å². The summed E-state index contributed by atoms with van der Waals surface area (Å²) in [4.78, 5) is 11.6. The fraction of sp³-hybridized carbons (Fsp3) is 0.182. The van der Waals surface area contributed by atoms with Crippen molar-refractivity contribution >= 4 is 5.69 Å². The van der Waals surface area contributed by atoms with Crippen LogP contribution in [0.25, 0.3) is 5.69 Å². The quantitative estimate of drug-likeness (QED) is 0.723. The van der Waals surface area contributed by atoms with Crippen molar-refractivity contribution in [2.75, 3.05) is 5.73 Å². The minimum atomic E-state index is -0.0579. The predicted molar refractivity (Wildman–Crippen MR) is 60.2 cm³/mol. The Labute approximate surface area is 87.3 Å².